The first-order valence-corrected chi connectivity index (χ1v) is 5.90. The molecule has 3 rings (SSSR count). The third kappa shape index (κ3) is 1.84. The van der Waals surface area contributed by atoms with Crippen molar-refractivity contribution in [2.45, 2.75) is 6.42 Å². The number of fused-ring (bicyclic) bond motifs is 1. The van der Waals surface area contributed by atoms with Crippen LogP contribution >= 0.6 is 0 Å². The van der Waals surface area contributed by atoms with Gasteiger partial charge in [-0.15, -0.1) is 5.10 Å². The summed E-state index contributed by atoms with van der Waals surface area (Å²) in [7, 11) is 0. The number of hydrogen-bond acceptors (Lipinski definition) is 4. The van der Waals surface area contributed by atoms with Crippen LogP contribution in [0.3, 0.4) is 0 Å². The highest BCUT2D eigenvalue weighted by Gasteiger charge is 2.27. The summed E-state index contributed by atoms with van der Waals surface area (Å²) in [6.45, 7) is 3.75. The van der Waals surface area contributed by atoms with Crippen LogP contribution in [-0.4, -0.2) is 16.1 Å². The Morgan fingerprint density at radius 1 is 1.37 bits per heavy atom. The first kappa shape index (κ1) is 11.4. The Labute approximate surface area is 110 Å². The molecule has 92 valence electrons. The Balaban J connectivity index is 2.16. The molecule has 2 heterocycles. The van der Waals surface area contributed by atoms with Crippen molar-refractivity contribution >= 4 is 23.5 Å². The van der Waals surface area contributed by atoms with Gasteiger partial charge < -0.3 is 0 Å². The molecule has 0 unspecified atom stereocenters. The van der Waals surface area contributed by atoms with Gasteiger partial charge in [-0.2, -0.15) is 5.10 Å². The smallest absolute Gasteiger partial charge is 0.160 e. The van der Waals surface area contributed by atoms with Crippen molar-refractivity contribution in [1.29, 1.82) is 0 Å². The van der Waals surface area contributed by atoms with Gasteiger partial charge in [0.05, 0.1) is 5.69 Å². The van der Waals surface area contributed by atoms with Gasteiger partial charge in [0, 0.05) is 12.6 Å². The van der Waals surface area contributed by atoms with Crippen molar-refractivity contribution in [3.8, 4) is 0 Å². The molecule has 4 heteroatoms. The van der Waals surface area contributed by atoms with E-state index in [0.29, 0.717) is 17.9 Å². The molecule has 0 bridgehead atoms. The molecule has 0 fully saturated rings. The molecule has 0 amide bonds. The summed E-state index contributed by atoms with van der Waals surface area (Å²) in [5, 5.41) is 7.91. The summed E-state index contributed by atoms with van der Waals surface area (Å²) in [4.78, 5) is 12.9. The minimum atomic E-state index is 0.553. The zero-order valence-corrected chi connectivity index (χ0v) is 10.2. The van der Waals surface area contributed by atoms with Crippen LogP contribution in [0.15, 0.2) is 48.8 Å². The monoisotopic (exact) mass is 249 g/mol. The van der Waals surface area contributed by atoms with E-state index in [1.165, 1.54) is 0 Å². The molecule has 1 aromatic carbocycles. The fourth-order valence-electron chi connectivity index (χ4n) is 2.25. The molecule has 1 aromatic heterocycles. The van der Waals surface area contributed by atoms with Crippen LogP contribution < -0.4 is 4.90 Å². The third-order valence-electron chi connectivity index (χ3n) is 3.11. The first-order valence-electron chi connectivity index (χ1n) is 5.90. The quantitative estimate of drug-likeness (QED) is 0.767. The number of aromatic nitrogens is 2. The lowest BCUT2D eigenvalue weighted by Crippen LogP contribution is -2.13. The van der Waals surface area contributed by atoms with Crippen molar-refractivity contribution in [2.75, 3.05) is 4.90 Å². The van der Waals surface area contributed by atoms with Gasteiger partial charge in [0.2, 0.25) is 0 Å². The summed E-state index contributed by atoms with van der Waals surface area (Å²) >= 11 is 0. The molecular formula is C15H11N3O. The van der Waals surface area contributed by atoms with Crippen molar-refractivity contribution in [1.82, 2.24) is 10.2 Å². The minimum Gasteiger partial charge on any atom is -0.287 e. The standard InChI is InChI=1S/C15H11N3O/c1-2-11-5-6-14-12(8-11)9-13(10-19)18(14)15-4-3-7-16-17-15/h2-8H,1,9H2. The number of benzene rings is 1. The van der Waals surface area contributed by atoms with Crippen LogP contribution in [0.4, 0.5) is 11.5 Å². The third-order valence-corrected chi connectivity index (χ3v) is 3.11. The average molecular weight is 249 g/mol. The van der Waals surface area contributed by atoms with E-state index in [0.717, 1.165) is 16.8 Å². The zero-order valence-electron chi connectivity index (χ0n) is 10.2. The molecule has 19 heavy (non-hydrogen) atoms. The Bertz CT molecular complexity index is 688. The molecule has 0 spiro atoms. The van der Waals surface area contributed by atoms with Gasteiger partial charge >= 0.3 is 0 Å². The molecule has 0 aliphatic carbocycles. The Morgan fingerprint density at radius 3 is 2.95 bits per heavy atom. The maximum atomic E-state index is 11.1. The largest absolute Gasteiger partial charge is 0.287 e. The first-order chi connectivity index (χ1) is 9.33. The van der Waals surface area contributed by atoms with E-state index in [1.54, 1.807) is 23.2 Å². The second-order valence-corrected chi connectivity index (χ2v) is 4.24. The maximum absolute atomic E-state index is 11.1. The van der Waals surface area contributed by atoms with Crippen LogP contribution in [0.2, 0.25) is 0 Å². The van der Waals surface area contributed by atoms with Crippen LogP contribution in [0.1, 0.15) is 11.1 Å². The predicted molar refractivity (Wildman–Crippen MR) is 73.6 cm³/mol. The number of anilines is 2. The van der Waals surface area contributed by atoms with E-state index < -0.39 is 0 Å². The van der Waals surface area contributed by atoms with Crippen molar-refractivity contribution < 1.29 is 4.79 Å². The molecule has 0 radical (unpaired) electrons. The van der Waals surface area contributed by atoms with Crippen molar-refractivity contribution in [3.63, 3.8) is 0 Å². The van der Waals surface area contributed by atoms with Crippen LogP contribution in [0.25, 0.3) is 6.08 Å². The van der Waals surface area contributed by atoms with Gasteiger partial charge in [0.15, 0.2) is 5.82 Å². The molecule has 2 aromatic rings. The highest BCUT2D eigenvalue weighted by molar-refractivity contribution is 5.81. The molecule has 4 nitrogen and oxygen atoms in total. The van der Waals surface area contributed by atoms with Gasteiger partial charge in [-0.1, -0.05) is 18.7 Å². The van der Waals surface area contributed by atoms with Crippen LogP contribution in [0, 0.1) is 0 Å². The van der Waals surface area contributed by atoms with Crippen LogP contribution in [0.5, 0.6) is 0 Å². The zero-order chi connectivity index (χ0) is 13.2. The molecule has 0 N–H and O–H groups in total. The number of allylic oxidation sites excluding steroid dienone is 1. The number of nitrogens with zero attached hydrogens (tertiary/aromatic N) is 3. The van der Waals surface area contributed by atoms with Gasteiger partial charge in [0.1, 0.15) is 11.6 Å². The SMILES string of the molecule is C=Cc1ccc2c(c1)CC(=C=O)N2c1cccnn1. The molecule has 0 saturated carbocycles. The Morgan fingerprint density at radius 2 is 2.26 bits per heavy atom. The predicted octanol–water partition coefficient (Wildman–Crippen LogP) is 2.53. The number of carbonyl (C=O) groups excluding carboxylic acids is 1. The lowest BCUT2D eigenvalue weighted by Gasteiger charge is -2.17. The fraction of sp³-hybridized carbons (Fsp3) is 0.0667. The summed E-state index contributed by atoms with van der Waals surface area (Å²) in [6.07, 6.45) is 3.94. The molecular weight excluding hydrogens is 238 g/mol. The highest BCUT2D eigenvalue weighted by atomic mass is 16.1. The second-order valence-electron chi connectivity index (χ2n) is 4.24. The molecule has 0 atom stereocenters. The van der Waals surface area contributed by atoms with Crippen molar-refractivity contribution in [2.24, 2.45) is 0 Å². The minimum absolute atomic E-state index is 0.553. The summed E-state index contributed by atoms with van der Waals surface area (Å²) in [6, 6.07) is 9.56. The summed E-state index contributed by atoms with van der Waals surface area (Å²) < 4.78 is 0. The van der Waals surface area contributed by atoms with E-state index >= 15 is 0 Å². The van der Waals surface area contributed by atoms with E-state index in [4.69, 9.17) is 0 Å². The Kier molecular flexibility index (Phi) is 2.71. The topological polar surface area (TPSA) is 46.1 Å². The van der Waals surface area contributed by atoms with Gasteiger partial charge in [-0.25, -0.2) is 4.79 Å². The molecule has 0 saturated heterocycles. The van der Waals surface area contributed by atoms with Gasteiger partial charge in [-0.05, 0) is 35.4 Å². The summed E-state index contributed by atoms with van der Waals surface area (Å²) in [5.74, 6) is 2.63. The lowest BCUT2D eigenvalue weighted by molar-refractivity contribution is 0.566. The van der Waals surface area contributed by atoms with E-state index in [9.17, 15) is 4.79 Å². The maximum Gasteiger partial charge on any atom is 0.160 e. The molecule has 1 aliphatic rings. The van der Waals surface area contributed by atoms with E-state index in [2.05, 4.69) is 16.8 Å². The number of rotatable bonds is 2. The number of hydrogen-bond donors (Lipinski definition) is 0. The second kappa shape index (κ2) is 4.52. The average Bonchev–Trinajstić information content (AvgIpc) is 2.85. The fourth-order valence-corrected chi connectivity index (χ4v) is 2.25. The van der Waals surface area contributed by atoms with E-state index in [-0.39, 0.29) is 0 Å². The van der Waals surface area contributed by atoms with E-state index in [1.807, 2.05) is 30.2 Å². The van der Waals surface area contributed by atoms with Crippen molar-refractivity contribution in [3.05, 3.63) is 59.9 Å². The highest BCUT2D eigenvalue weighted by Crippen LogP contribution is 2.38. The lowest BCUT2D eigenvalue weighted by atomic mass is 10.1. The molecule has 1 aliphatic heterocycles. The van der Waals surface area contributed by atoms with Gasteiger partial charge in [-0.3, -0.25) is 4.90 Å². The normalized spacial score (nSPS) is 13.1. The summed E-state index contributed by atoms with van der Waals surface area (Å²) in [5.41, 5.74) is 3.60. The van der Waals surface area contributed by atoms with Crippen LogP contribution in [-0.2, 0) is 11.2 Å². The Hall–Kier alpha value is -2.71. The van der Waals surface area contributed by atoms with Gasteiger partial charge in [0.25, 0.3) is 0 Å².